The van der Waals surface area contributed by atoms with Crippen LogP contribution in [0.4, 0.5) is 0 Å². The van der Waals surface area contributed by atoms with Crippen molar-refractivity contribution in [2.24, 2.45) is 21.1 Å². The molecule has 59 heavy (non-hydrogen) atoms. The van der Waals surface area contributed by atoms with Gasteiger partial charge in [-0.1, -0.05) is 120 Å². The van der Waals surface area contributed by atoms with Gasteiger partial charge in [0, 0.05) is 38.5 Å². The highest BCUT2D eigenvalue weighted by molar-refractivity contribution is 7.40. The first-order valence-electron chi connectivity index (χ1n) is 24.2. The topological polar surface area (TPSA) is 113 Å². The molecule has 0 unspecified atom stereocenters. The lowest BCUT2D eigenvalue weighted by molar-refractivity contribution is -0.704. The van der Waals surface area contributed by atoms with Gasteiger partial charge >= 0.3 is 0 Å². The van der Waals surface area contributed by atoms with E-state index in [1.54, 1.807) is 0 Å². The van der Waals surface area contributed by atoms with Gasteiger partial charge in [-0.15, -0.1) is 0 Å². The maximum atomic E-state index is 8.55. The zero-order chi connectivity index (χ0) is 44.6. The number of imidazole rings is 3. The van der Waals surface area contributed by atoms with Crippen LogP contribution in [0.15, 0.2) is 18.6 Å². The lowest BCUT2D eigenvalue weighted by atomic mass is 10.2. The van der Waals surface area contributed by atoms with Crippen LogP contribution in [-0.2, 0) is 83.9 Å². The van der Waals surface area contributed by atoms with Crippen molar-refractivity contribution < 1.29 is 32.9 Å². The maximum absolute atomic E-state index is 8.55. The summed E-state index contributed by atoms with van der Waals surface area (Å²) in [5.74, 6) is 4.57. The molecule has 0 bridgehead atoms. The number of phosphoric acid groups is 1. The molecular weight excluding hydrogens is 756 g/mol. The van der Waals surface area contributed by atoms with Gasteiger partial charge in [-0.25, -0.2) is 27.4 Å². The van der Waals surface area contributed by atoms with Gasteiger partial charge in [0.15, 0.2) is 0 Å². The Bertz CT molecular complexity index is 1350. The minimum atomic E-state index is -5.39. The Balaban J connectivity index is 0.000000807. The molecule has 0 radical (unpaired) electrons. The summed E-state index contributed by atoms with van der Waals surface area (Å²) in [5, 5.41) is 0. The fourth-order valence-electron chi connectivity index (χ4n) is 7.37. The smallest absolute Gasteiger partial charge is 0.256 e. The predicted molar refractivity (Wildman–Crippen MR) is 241 cm³/mol. The minimum absolute atomic E-state index is 1.19. The first-order valence-corrected chi connectivity index (χ1v) is 25.6. The van der Waals surface area contributed by atoms with E-state index in [-0.39, 0.29) is 0 Å². The summed E-state index contributed by atoms with van der Waals surface area (Å²) < 4.78 is 23.4. The van der Waals surface area contributed by atoms with Crippen molar-refractivity contribution in [3.63, 3.8) is 0 Å². The largest absolute Gasteiger partial charge is 0.822 e. The average Bonchev–Trinajstić information content (AvgIpc) is 3.80. The van der Waals surface area contributed by atoms with Crippen LogP contribution >= 0.6 is 7.82 Å². The molecule has 3 heterocycles. The minimum Gasteiger partial charge on any atom is -0.822 e. The van der Waals surface area contributed by atoms with Crippen molar-refractivity contribution in [2.75, 3.05) is 0 Å². The Labute approximate surface area is 363 Å². The molecule has 0 spiro atoms. The van der Waals surface area contributed by atoms with Gasteiger partial charge in [0.1, 0.15) is 35.7 Å². The highest BCUT2D eigenvalue weighted by Crippen LogP contribution is 2.12. The predicted octanol–water partition coefficient (Wildman–Crippen LogP) is 8.57. The van der Waals surface area contributed by atoms with Gasteiger partial charge in [-0.05, 0) is 57.8 Å². The monoisotopic (exact) mass is 849 g/mol. The summed E-state index contributed by atoms with van der Waals surface area (Å²) in [5.41, 5.74) is 4.54. The van der Waals surface area contributed by atoms with E-state index in [9.17, 15) is 0 Å². The molecule has 0 aromatic carbocycles. The van der Waals surface area contributed by atoms with Crippen molar-refractivity contribution in [1.29, 1.82) is 0 Å². The number of unbranched alkanes of at least 4 members (excludes halogenated alkanes) is 9. The van der Waals surface area contributed by atoms with Crippen molar-refractivity contribution in [3.05, 3.63) is 53.1 Å². The van der Waals surface area contributed by atoms with Gasteiger partial charge < -0.3 is 19.2 Å². The molecule has 0 aliphatic carbocycles. The third-order valence-electron chi connectivity index (χ3n) is 11.2. The standard InChI is InChI=1S/3C16H31N2.H3O4P/c3*1-5-8-11-15-14-18(13-10-7-3)16(17(15)4)12-9-6-2;1-5(2,3)4/h3*14H,5-13H2,1-4H3;(H3,1,2,3,4)/q3*+1;/p-3. The summed E-state index contributed by atoms with van der Waals surface area (Å²) in [6.07, 6.45) is 37.8. The number of aromatic nitrogens is 6. The van der Waals surface area contributed by atoms with Crippen molar-refractivity contribution in [3.8, 4) is 0 Å². The molecule has 0 saturated heterocycles. The SMILES string of the molecule is CCCCc1c[n+](CCCC)c(CCCC)n1C.CCCCc1c[n+](CCCC)c(CCCC)n1C.CCCCc1c[n+](CCCC)c(CCCC)n1C.O=P([O-])([O-])[O-]. The van der Waals surface area contributed by atoms with Crippen LogP contribution in [0.2, 0.25) is 0 Å². The van der Waals surface area contributed by atoms with Gasteiger partial charge in [-0.3, -0.25) is 0 Å². The quantitative estimate of drug-likeness (QED) is 0.0566. The van der Waals surface area contributed by atoms with E-state index >= 15 is 0 Å². The van der Waals surface area contributed by atoms with Crippen LogP contribution in [0.1, 0.15) is 212 Å². The molecular formula is C48H93N6O4P. The van der Waals surface area contributed by atoms with E-state index in [1.165, 1.54) is 208 Å². The van der Waals surface area contributed by atoms with E-state index in [0.717, 1.165) is 0 Å². The molecule has 0 fully saturated rings. The molecule has 344 valence electrons. The Morgan fingerprint density at radius 1 is 0.390 bits per heavy atom. The summed E-state index contributed by atoms with van der Waals surface area (Å²) in [6, 6.07) is 0. The second kappa shape index (κ2) is 34.3. The second-order valence-corrected chi connectivity index (χ2v) is 17.4. The van der Waals surface area contributed by atoms with Gasteiger partial charge in [0.05, 0.1) is 40.8 Å². The maximum Gasteiger partial charge on any atom is 0.256 e. The number of aryl methyl sites for hydroxylation is 6. The van der Waals surface area contributed by atoms with Crippen LogP contribution in [0.5, 0.6) is 0 Å². The first-order chi connectivity index (χ1) is 28.2. The molecule has 0 atom stereocenters. The first kappa shape index (κ1) is 56.7. The molecule has 10 nitrogen and oxygen atoms in total. The highest BCUT2D eigenvalue weighted by atomic mass is 31.2. The molecule has 3 rings (SSSR count). The number of hydrogen-bond acceptors (Lipinski definition) is 4. The van der Waals surface area contributed by atoms with E-state index in [2.05, 4.69) is 129 Å². The summed E-state index contributed by atoms with van der Waals surface area (Å²) in [6.45, 7) is 24.0. The molecule has 0 amide bonds. The highest BCUT2D eigenvalue weighted by Gasteiger charge is 2.21. The average molecular weight is 849 g/mol. The molecule has 0 saturated carbocycles. The summed E-state index contributed by atoms with van der Waals surface area (Å²) >= 11 is 0. The van der Waals surface area contributed by atoms with Crippen molar-refractivity contribution in [2.45, 2.75) is 236 Å². The van der Waals surface area contributed by atoms with E-state index in [4.69, 9.17) is 19.2 Å². The zero-order valence-electron chi connectivity index (χ0n) is 40.6. The number of nitrogens with zero attached hydrogens (tertiary/aromatic N) is 6. The van der Waals surface area contributed by atoms with Crippen molar-refractivity contribution >= 4 is 7.82 Å². The number of rotatable bonds is 27. The fraction of sp³-hybridized carbons (Fsp3) is 0.812. The number of hydrogen-bond donors (Lipinski definition) is 0. The van der Waals surface area contributed by atoms with Crippen molar-refractivity contribution in [1.82, 2.24) is 13.7 Å². The Morgan fingerprint density at radius 3 is 0.763 bits per heavy atom. The lowest BCUT2D eigenvalue weighted by Gasteiger charge is -2.36. The molecule has 0 N–H and O–H groups in total. The third-order valence-corrected chi connectivity index (χ3v) is 11.2. The Hall–Kier alpha value is -2.26. The Morgan fingerprint density at radius 2 is 0.576 bits per heavy atom. The molecule has 3 aromatic heterocycles. The van der Waals surface area contributed by atoms with E-state index in [1.807, 2.05) is 0 Å². The lowest BCUT2D eigenvalue weighted by Crippen LogP contribution is -2.37. The van der Waals surface area contributed by atoms with Gasteiger partial charge in [-0.2, -0.15) is 7.82 Å². The second-order valence-electron chi connectivity index (χ2n) is 16.5. The zero-order valence-corrected chi connectivity index (χ0v) is 41.5. The normalized spacial score (nSPS) is 11.2. The summed E-state index contributed by atoms with van der Waals surface area (Å²) in [7, 11) is 1.36. The van der Waals surface area contributed by atoms with E-state index < -0.39 is 7.82 Å². The molecule has 11 heteroatoms. The Kier molecular flexibility index (Phi) is 33.0. The molecule has 0 aliphatic heterocycles. The van der Waals surface area contributed by atoms with Gasteiger partial charge in [0.2, 0.25) is 0 Å². The summed E-state index contributed by atoms with van der Waals surface area (Å²) in [4.78, 5) is 25.6. The fourth-order valence-corrected chi connectivity index (χ4v) is 7.37. The van der Waals surface area contributed by atoms with Crippen LogP contribution < -0.4 is 28.4 Å². The van der Waals surface area contributed by atoms with Crippen LogP contribution in [0, 0.1) is 0 Å². The molecule has 0 aliphatic rings. The van der Waals surface area contributed by atoms with E-state index in [0.29, 0.717) is 0 Å². The third kappa shape index (κ3) is 24.1. The van der Waals surface area contributed by atoms with Crippen LogP contribution in [-0.4, -0.2) is 13.7 Å². The van der Waals surface area contributed by atoms with Gasteiger partial charge in [0.25, 0.3) is 17.5 Å². The molecule has 3 aromatic rings. The van der Waals surface area contributed by atoms with Crippen LogP contribution in [0.25, 0.3) is 0 Å². The van der Waals surface area contributed by atoms with Crippen LogP contribution in [0.3, 0.4) is 0 Å².